The van der Waals surface area contributed by atoms with E-state index in [-0.39, 0.29) is 19.0 Å². The second kappa shape index (κ2) is 12.1. The van der Waals surface area contributed by atoms with Gasteiger partial charge in [-0.2, -0.15) is 5.09 Å². The van der Waals surface area contributed by atoms with Crippen LogP contribution in [0.3, 0.4) is 0 Å². The Hall–Kier alpha value is -2.87. The lowest BCUT2D eigenvalue weighted by Crippen LogP contribution is -2.43. The molecular weight excluding hydrogens is 516 g/mol. The van der Waals surface area contributed by atoms with Crippen LogP contribution in [0.1, 0.15) is 20.1 Å². The Morgan fingerprint density at radius 1 is 1.30 bits per heavy atom. The highest BCUT2D eigenvalue weighted by Gasteiger charge is 2.55. The molecule has 13 nitrogen and oxygen atoms in total. The summed E-state index contributed by atoms with van der Waals surface area (Å²) in [7, 11) is -2.89. The largest absolute Gasteiger partial charge is 0.462 e. The lowest BCUT2D eigenvalue weighted by atomic mass is 9.98. The van der Waals surface area contributed by atoms with Crippen LogP contribution >= 0.6 is 7.75 Å². The molecule has 3 N–H and O–H groups in total. The highest BCUT2D eigenvalue weighted by Crippen LogP contribution is 2.47. The molecule has 1 aromatic carbocycles. The van der Waals surface area contributed by atoms with Crippen molar-refractivity contribution in [3.8, 4) is 5.75 Å². The van der Waals surface area contributed by atoms with Gasteiger partial charge in [-0.25, -0.2) is 13.8 Å². The zero-order chi connectivity index (χ0) is 27.2. The van der Waals surface area contributed by atoms with Crippen LogP contribution in [-0.2, 0) is 28.1 Å². The van der Waals surface area contributed by atoms with Crippen LogP contribution in [0.5, 0.6) is 5.75 Å². The standard InChI is InChI=1S/C22H29FN3O10P/c1-14(19(29)33-12-11-32-3)25-37(31,36-15-7-5-4-6-8-15)34-13-16-18(28)22(2,23)20(35-16)26-10-9-17(27)24-21(26)30/h4-10,14,16,18,20,28H,11-13H2,1-3H3,(H,25,31)(H,24,27,30)/t14-,16+,18+,20+,22+,37?/m0/s1. The number of para-hydroxylation sites is 1. The summed E-state index contributed by atoms with van der Waals surface area (Å²) in [6.07, 6.45) is -3.82. The number of H-pyrrole nitrogens is 1. The minimum Gasteiger partial charge on any atom is -0.462 e. The van der Waals surface area contributed by atoms with Crippen LogP contribution in [0.15, 0.2) is 52.2 Å². The maximum atomic E-state index is 15.4. The van der Waals surface area contributed by atoms with Crippen LogP contribution < -0.4 is 20.9 Å². The van der Waals surface area contributed by atoms with Gasteiger partial charge in [0.15, 0.2) is 11.9 Å². The molecule has 204 valence electrons. The van der Waals surface area contributed by atoms with Gasteiger partial charge in [0.1, 0.15) is 30.6 Å². The zero-order valence-corrected chi connectivity index (χ0v) is 21.3. The second-order valence-electron chi connectivity index (χ2n) is 8.35. The number of rotatable bonds is 12. The number of esters is 1. The molecule has 3 rings (SSSR count). The molecule has 1 aliphatic rings. The first-order valence-corrected chi connectivity index (χ1v) is 12.8. The smallest absolute Gasteiger partial charge is 0.459 e. The minimum absolute atomic E-state index is 0.0330. The predicted octanol–water partition coefficient (Wildman–Crippen LogP) is 0.895. The van der Waals surface area contributed by atoms with Gasteiger partial charge in [-0.1, -0.05) is 18.2 Å². The zero-order valence-electron chi connectivity index (χ0n) is 20.4. The monoisotopic (exact) mass is 545 g/mol. The third-order valence-corrected chi connectivity index (χ3v) is 7.08. The van der Waals surface area contributed by atoms with Crippen molar-refractivity contribution >= 4 is 13.7 Å². The summed E-state index contributed by atoms with van der Waals surface area (Å²) in [5.41, 5.74) is -4.14. The van der Waals surface area contributed by atoms with E-state index in [4.69, 9.17) is 23.3 Å². The molecule has 1 unspecified atom stereocenters. The van der Waals surface area contributed by atoms with Crippen molar-refractivity contribution in [3.63, 3.8) is 0 Å². The molecule has 15 heteroatoms. The Morgan fingerprint density at radius 2 is 2.00 bits per heavy atom. The van der Waals surface area contributed by atoms with Crippen LogP contribution in [0.2, 0.25) is 0 Å². The first-order valence-electron chi connectivity index (χ1n) is 11.2. The highest BCUT2D eigenvalue weighted by atomic mass is 31.2. The van der Waals surface area contributed by atoms with Crippen molar-refractivity contribution in [1.29, 1.82) is 0 Å². The Bertz CT molecular complexity index is 1220. The van der Waals surface area contributed by atoms with Gasteiger partial charge in [0.25, 0.3) is 5.56 Å². The van der Waals surface area contributed by atoms with Gasteiger partial charge >= 0.3 is 19.4 Å². The summed E-state index contributed by atoms with van der Waals surface area (Å²) >= 11 is 0. The number of nitrogens with zero attached hydrogens (tertiary/aromatic N) is 1. The lowest BCUT2D eigenvalue weighted by molar-refractivity contribution is -0.146. The molecule has 1 saturated heterocycles. The molecule has 0 spiro atoms. The van der Waals surface area contributed by atoms with Crippen molar-refractivity contribution < 1.29 is 42.1 Å². The SMILES string of the molecule is COCCOC(=O)[C@H](C)NP(=O)(OC[C@H]1O[C@@H](n2ccc(=O)[nH]c2=O)[C@](C)(F)[C@@H]1O)Oc1ccccc1. The van der Waals surface area contributed by atoms with E-state index in [0.717, 1.165) is 23.8 Å². The third-order valence-electron chi connectivity index (χ3n) is 5.44. The van der Waals surface area contributed by atoms with E-state index < -0.39 is 61.7 Å². The molecular formula is C22H29FN3O10P. The molecule has 0 saturated carbocycles. The fourth-order valence-corrected chi connectivity index (χ4v) is 4.99. The number of methoxy groups -OCH3 is 1. The van der Waals surface area contributed by atoms with Crippen molar-refractivity contribution in [1.82, 2.24) is 14.6 Å². The van der Waals surface area contributed by atoms with Gasteiger partial charge in [0.05, 0.1) is 13.2 Å². The van der Waals surface area contributed by atoms with E-state index in [2.05, 4.69) is 5.09 Å². The number of carbonyl (C=O) groups excluding carboxylic acids is 1. The summed E-state index contributed by atoms with van der Waals surface area (Å²) in [4.78, 5) is 37.7. The maximum absolute atomic E-state index is 15.4. The van der Waals surface area contributed by atoms with Gasteiger partial charge in [0.2, 0.25) is 0 Å². The Labute approximate surface area is 211 Å². The number of nitrogens with one attached hydrogen (secondary N) is 2. The van der Waals surface area contributed by atoms with Gasteiger partial charge < -0.3 is 23.8 Å². The van der Waals surface area contributed by atoms with E-state index >= 15 is 4.39 Å². The second-order valence-corrected chi connectivity index (χ2v) is 10.0. The number of ether oxygens (including phenoxy) is 3. The number of aliphatic hydroxyl groups excluding tert-OH is 1. The fraction of sp³-hybridized carbons (Fsp3) is 0.500. The van der Waals surface area contributed by atoms with Crippen molar-refractivity contribution in [2.24, 2.45) is 0 Å². The first-order chi connectivity index (χ1) is 17.5. The molecule has 37 heavy (non-hydrogen) atoms. The van der Waals surface area contributed by atoms with Crippen LogP contribution in [0.4, 0.5) is 4.39 Å². The van der Waals surface area contributed by atoms with E-state index in [1.165, 1.54) is 26.2 Å². The molecule has 1 fully saturated rings. The van der Waals surface area contributed by atoms with Crippen molar-refractivity contribution in [3.05, 3.63) is 63.4 Å². The molecule has 0 aliphatic carbocycles. The Balaban J connectivity index is 1.77. The number of carbonyl (C=O) groups is 1. The molecule has 0 radical (unpaired) electrons. The van der Waals surface area contributed by atoms with Gasteiger partial charge in [-0.05, 0) is 26.0 Å². The molecule has 2 aromatic rings. The number of hydrogen-bond acceptors (Lipinski definition) is 10. The van der Waals surface area contributed by atoms with E-state index in [1.807, 2.05) is 4.98 Å². The quantitative estimate of drug-likeness (QED) is 0.197. The number of halogens is 1. The summed E-state index contributed by atoms with van der Waals surface area (Å²) < 4.78 is 56.1. The average molecular weight is 545 g/mol. The van der Waals surface area contributed by atoms with E-state index in [1.54, 1.807) is 18.2 Å². The molecule has 0 amide bonds. The molecule has 1 aromatic heterocycles. The Morgan fingerprint density at radius 3 is 2.65 bits per heavy atom. The summed E-state index contributed by atoms with van der Waals surface area (Å²) in [6, 6.07) is 7.77. The highest BCUT2D eigenvalue weighted by molar-refractivity contribution is 7.52. The van der Waals surface area contributed by atoms with Crippen LogP contribution in [-0.4, -0.2) is 71.5 Å². The first kappa shape index (κ1) is 28.7. The average Bonchev–Trinajstić information content (AvgIpc) is 3.07. The molecule has 2 heterocycles. The van der Waals surface area contributed by atoms with E-state index in [9.17, 15) is 24.1 Å². The maximum Gasteiger partial charge on any atom is 0.459 e. The number of hydrogen-bond donors (Lipinski definition) is 3. The molecule has 6 atom stereocenters. The third kappa shape index (κ3) is 7.12. The normalized spacial score (nSPS) is 25.8. The number of aromatic nitrogens is 2. The van der Waals surface area contributed by atoms with Crippen LogP contribution in [0.25, 0.3) is 0 Å². The van der Waals surface area contributed by atoms with Crippen LogP contribution in [0, 0.1) is 0 Å². The van der Waals surface area contributed by atoms with Gasteiger partial charge in [-0.15, -0.1) is 0 Å². The molecule has 1 aliphatic heterocycles. The number of aromatic amines is 1. The molecule has 0 bridgehead atoms. The Kier molecular flexibility index (Phi) is 9.40. The van der Waals surface area contributed by atoms with Gasteiger partial charge in [-0.3, -0.25) is 23.7 Å². The van der Waals surface area contributed by atoms with E-state index in [0.29, 0.717) is 0 Å². The summed E-state index contributed by atoms with van der Waals surface area (Å²) in [6.45, 7) is 1.85. The summed E-state index contributed by atoms with van der Waals surface area (Å²) in [5.74, 6) is -0.622. The van der Waals surface area contributed by atoms with Crippen molar-refractivity contribution in [2.75, 3.05) is 26.9 Å². The summed E-state index contributed by atoms with van der Waals surface area (Å²) in [5, 5.41) is 13.0. The number of benzene rings is 1. The van der Waals surface area contributed by atoms with Gasteiger partial charge in [0, 0.05) is 19.4 Å². The minimum atomic E-state index is -4.33. The van der Waals surface area contributed by atoms with Crippen molar-refractivity contribution in [2.45, 2.75) is 44.0 Å². The topological polar surface area (TPSA) is 167 Å². The predicted molar refractivity (Wildman–Crippen MR) is 127 cm³/mol. The number of aliphatic hydroxyl groups is 1. The lowest BCUT2D eigenvalue weighted by Gasteiger charge is -2.25. The fourth-order valence-electron chi connectivity index (χ4n) is 3.48. The number of alkyl halides is 1.